The molecule has 0 bridgehead atoms. The van der Waals surface area contributed by atoms with Crippen LogP contribution in [-0.4, -0.2) is 158 Å². The Morgan fingerprint density at radius 2 is 0.937 bits per heavy atom. The monoisotopic (exact) mass is 881 g/mol. The normalized spacial score (nSPS) is 12.1. The molecular formula is C41H64N14O8. The maximum Gasteiger partial charge on any atom is 0.240 e. The SMILES string of the molecule is CC(=O)NCCN(CC(=O)NCCN(CC(=O)NCCN(CC(=O)NCCC(N)=O)C(=O)[C@@H](N)Cc1ccccc1)C(=O)[C@@H](N)Cc1ccccc1)C(=O)[C@@H](N)CCCN=C(N)N. The first kappa shape index (κ1) is 52.5. The number of nitrogens with one attached hydrogen (secondary N) is 4. The first-order chi connectivity index (χ1) is 30.0. The second kappa shape index (κ2) is 28.8. The van der Waals surface area contributed by atoms with Gasteiger partial charge in [-0.2, -0.15) is 0 Å². The molecule has 0 aliphatic heterocycles. The van der Waals surface area contributed by atoms with Crippen LogP contribution < -0.4 is 55.7 Å². The summed E-state index contributed by atoms with van der Waals surface area (Å²) < 4.78 is 0. The zero-order chi connectivity index (χ0) is 46.7. The van der Waals surface area contributed by atoms with E-state index in [1.165, 1.54) is 21.6 Å². The average molecular weight is 881 g/mol. The highest BCUT2D eigenvalue weighted by Gasteiger charge is 2.27. The third-order valence-electron chi connectivity index (χ3n) is 9.31. The highest BCUT2D eigenvalue weighted by molar-refractivity contribution is 5.90. The van der Waals surface area contributed by atoms with Gasteiger partial charge in [0.25, 0.3) is 0 Å². The molecule has 0 saturated carbocycles. The van der Waals surface area contributed by atoms with E-state index in [0.29, 0.717) is 6.42 Å². The molecule has 3 atom stereocenters. The van der Waals surface area contributed by atoms with E-state index in [1.807, 2.05) is 24.3 Å². The van der Waals surface area contributed by atoms with Crippen molar-refractivity contribution in [3.8, 4) is 0 Å². The Morgan fingerprint density at radius 1 is 0.556 bits per heavy atom. The van der Waals surface area contributed by atoms with Gasteiger partial charge in [-0.15, -0.1) is 0 Å². The van der Waals surface area contributed by atoms with Gasteiger partial charge in [-0.05, 0) is 36.8 Å². The number of hydrogen-bond donors (Lipinski definition) is 10. The van der Waals surface area contributed by atoms with Crippen LogP contribution in [0.3, 0.4) is 0 Å². The fraction of sp³-hybridized carbons (Fsp3) is 0.488. The average Bonchev–Trinajstić information content (AvgIpc) is 3.23. The van der Waals surface area contributed by atoms with E-state index < -0.39 is 79.1 Å². The second-order valence-corrected chi connectivity index (χ2v) is 14.7. The minimum atomic E-state index is -1.06. The van der Waals surface area contributed by atoms with Crippen LogP contribution in [0.5, 0.6) is 0 Å². The molecule has 346 valence electrons. The fourth-order valence-corrected chi connectivity index (χ4v) is 6.10. The lowest BCUT2D eigenvalue weighted by molar-refractivity contribution is -0.138. The molecule has 8 amide bonds. The second-order valence-electron chi connectivity index (χ2n) is 14.7. The van der Waals surface area contributed by atoms with Crippen LogP contribution in [-0.2, 0) is 51.2 Å². The Labute approximate surface area is 367 Å². The molecule has 0 aromatic heterocycles. The van der Waals surface area contributed by atoms with Crippen molar-refractivity contribution < 1.29 is 38.4 Å². The maximum atomic E-state index is 13.7. The van der Waals surface area contributed by atoms with Gasteiger partial charge in [0.15, 0.2) is 5.96 Å². The zero-order valence-electron chi connectivity index (χ0n) is 35.8. The van der Waals surface area contributed by atoms with Crippen LogP contribution in [0.1, 0.15) is 37.3 Å². The lowest BCUT2D eigenvalue weighted by Crippen LogP contribution is -2.53. The van der Waals surface area contributed by atoms with Gasteiger partial charge in [0.2, 0.25) is 47.3 Å². The lowest BCUT2D eigenvalue weighted by atomic mass is 10.1. The van der Waals surface area contributed by atoms with Crippen molar-refractivity contribution in [1.82, 2.24) is 36.0 Å². The summed E-state index contributed by atoms with van der Waals surface area (Å²) in [6.07, 6.45) is 0.858. The fourth-order valence-electron chi connectivity index (χ4n) is 6.10. The van der Waals surface area contributed by atoms with Crippen LogP contribution in [0.15, 0.2) is 65.7 Å². The molecule has 2 aromatic rings. The standard InChI is InChI=1S/C41H64N14O8/c1-28(56)48-17-20-53(38(61)31(42)13-8-15-52-41(46)47)26-36(59)50-19-22-55(40(63)33(44)24-30-11-6-3-7-12-30)27-37(60)51-18-21-54(25-35(58)49-16-14-34(45)57)39(62)32(43)23-29-9-4-2-5-10-29/h2-7,9-12,31-33H,8,13-27,42-44H2,1H3,(H2,45,57)(H,48,56)(H,49,58)(H,50,59)(H,51,60)(H4,46,47,52)/t31-,32-,33-/m0/s1. The summed E-state index contributed by atoms with van der Waals surface area (Å²) in [5, 5.41) is 10.4. The summed E-state index contributed by atoms with van der Waals surface area (Å²) in [5.74, 6) is -4.53. The number of aliphatic imine (C=N–C) groups is 1. The van der Waals surface area contributed by atoms with E-state index in [4.69, 9.17) is 34.4 Å². The number of carbonyl (C=O) groups excluding carboxylic acids is 8. The third kappa shape index (κ3) is 22.1. The van der Waals surface area contributed by atoms with Crippen molar-refractivity contribution in [3.05, 3.63) is 71.8 Å². The number of hydrogen-bond acceptors (Lipinski definition) is 12. The molecule has 0 aliphatic rings. The number of guanidine groups is 1. The van der Waals surface area contributed by atoms with Gasteiger partial charge in [0.1, 0.15) is 0 Å². The van der Waals surface area contributed by atoms with Gasteiger partial charge < -0.3 is 70.4 Å². The largest absolute Gasteiger partial charge is 0.370 e. The van der Waals surface area contributed by atoms with Crippen LogP contribution in [0.4, 0.5) is 0 Å². The van der Waals surface area contributed by atoms with Crippen molar-refractivity contribution >= 4 is 53.2 Å². The van der Waals surface area contributed by atoms with Crippen LogP contribution >= 0.6 is 0 Å². The van der Waals surface area contributed by atoms with E-state index in [1.54, 1.807) is 36.4 Å². The summed E-state index contributed by atoms with van der Waals surface area (Å²) in [5.41, 5.74) is 36.2. The van der Waals surface area contributed by atoms with E-state index in [2.05, 4.69) is 26.3 Å². The van der Waals surface area contributed by atoms with E-state index in [-0.39, 0.29) is 89.9 Å². The zero-order valence-corrected chi connectivity index (χ0v) is 35.8. The van der Waals surface area contributed by atoms with Crippen molar-refractivity contribution in [3.63, 3.8) is 0 Å². The number of nitrogens with zero attached hydrogens (tertiary/aromatic N) is 4. The first-order valence-corrected chi connectivity index (χ1v) is 20.6. The molecule has 0 fully saturated rings. The van der Waals surface area contributed by atoms with E-state index in [9.17, 15) is 38.4 Å². The van der Waals surface area contributed by atoms with Crippen molar-refractivity contribution in [2.75, 3.05) is 72.0 Å². The summed E-state index contributed by atoms with van der Waals surface area (Å²) in [4.78, 5) is 110. The maximum absolute atomic E-state index is 13.7. The topological polar surface area (TPSA) is 363 Å². The minimum Gasteiger partial charge on any atom is -0.370 e. The molecule has 0 radical (unpaired) electrons. The van der Waals surface area contributed by atoms with Gasteiger partial charge in [0, 0.05) is 65.7 Å². The molecule has 2 rings (SSSR count). The molecule has 0 aliphatic carbocycles. The van der Waals surface area contributed by atoms with Gasteiger partial charge in [-0.25, -0.2) is 0 Å². The number of rotatable bonds is 29. The number of benzene rings is 2. The molecule has 0 heterocycles. The lowest BCUT2D eigenvalue weighted by Gasteiger charge is -2.28. The molecular weight excluding hydrogens is 817 g/mol. The molecule has 63 heavy (non-hydrogen) atoms. The smallest absolute Gasteiger partial charge is 0.240 e. The number of primary amides is 1. The highest BCUT2D eigenvalue weighted by Crippen LogP contribution is 2.07. The van der Waals surface area contributed by atoms with Gasteiger partial charge in [0.05, 0.1) is 37.8 Å². The number of amides is 8. The van der Waals surface area contributed by atoms with Gasteiger partial charge >= 0.3 is 0 Å². The summed E-state index contributed by atoms with van der Waals surface area (Å²) in [6, 6.07) is 15.0. The van der Waals surface area contributed by atoms with Crippen molar-refractivity contribution in [2.24, 2.45) is 39.4 Å². The summed E-state index contributed by atoms with van der Waals surface area (Å²) >= 11 is 0. The van der Waals surface area contributed by atoms with Crippen molar-refractivity contribution in [1.29, 1.82) is 0 Å². The van der Waals surface area contributed by atoms with Gasteiger partial charge in [-0.3, -0.25) is 43.3 Å². The third-order valence-corrected chi connectivity index (χ3v) is 9.31. The van der Waals surface area contributed by atoms with Crippen LogP contribution in [0.25, 0.3) is 0 Å². The minimum absolute atomic E-state index is 0.0193. The van der Waals surface area contributed by atoms with Crippen LogP contribution in [0, 0.1) is 0 Å². The Kier molecular flexibility index (Phi) is 24.0. The predicted octanol–water partition coefficient (Wildman–Crippen LogP) is -4.65. The van der Waals surface area contributed by atoms with Gasteiger partial charge in [-0.1, -0.05) is 60.7 Å². The Morgan fingerprint density at radius 3 is 1.32 bits per heavy atom. The van der Waals surface area contributed by atoms with E-state index >= 15 is 0 Å². The molecule has 22 nitrogen and oxygen atoms in total. The van der Waals surface area contributed by atoms with Crippen LogP contribution in [0.2, 0.25) is 0 Å². The summed E-state index contributed by atoms with van der Waals surface area (Å²) in [7, 11) is 0. The molecule has 2 aromatic carbocycles. The molecule has 0 spiro atoms. The Balaban J connectivity index is 2.14. The Bertz CT molecular complexity index is 1830. The number of nitrogens with two attached hydrogens (primary N) is 6. The molecule has 0 unspecified atom stereocenters. The molecule has 22 heteroatoms. The number of carbonyl (C=O) groups is 8. The Hall–Kier alpha value is -6.65. The van der Waals surface area contributed by atoms with Crippen molar-refractivity contribution in [2.45, 2.75) is 57.2 Å². The predicted molar refractivity (Wildman–Crippen MR) is 235 cm³/mol. The molecule has 16 N–H and O–H groups in total. The summed E-state index contributed by atoms with van der Waals surface area (Å²) in [6.45, 7) is -0.326. The van der Waals surface area contributed by atoms with E-state index in [0.717, 1.165) is 11.1 Å². The quantitative estimate of drug-likeness (QED) is 0.0209. The first-order valence-electron chi connectivity index (χ1n) is 20.6. The highest BCUT2D eigenvalue weighted by atomic mass is 16.2. The molecule has 0 saturated heterocycles.